The van der Waals surface area contributed by atoms with Crippen LogP contribution >= 0.6 is 15.9 Å². The summed E-state index contributed by atoms with van der Waals surface area (Å²) in [5, 5.41) is 9.64. The van der Waals surface area contributed by atoms with Gasteiger partial charge in [-0.25, -0.2) is 31.6 Å². The number of nitrogens with zero attached hydrogens (tertiary/aromatic N) is 6. The molecule has 67 heavy (non-hydrogen) atoms. The van der Waals surface area contributed by atoms with Crippen LogP contribution in [0.2, 0.25) is 0 Å². The predicted molar refractivity (Wildman–Crippen MR) is 259 cm³/mol. The van der Waals surface area contributed by atoms with Crippen molar-refractivity contribution in [3.63, 3.8) is 0 Å². The number of aliphatic hydroxyl groups is 1. The molecule has 376 valence electrons. The minimum Gasteiger partial charge on any atom is -0.497 e. The number of halogens is 1. The molecular formula is C46H71BrN6O12S2. The Morgan fingerprint density at radius 3 is 1.36 bits per heavy atom. The van der Waals surface area contributed by atoms with Gasteiger partial charge in [0.1, 0.15) is 46.3 Å². The van der Waals surface area contributed by atoms with Crippen molar-refractivity contribution < 1.29 is 55.2 Å². The Labute approximate surface area is 406 Å². The van der Waals surface area contributed by atoms with Crippen LogP contribution in [0.4, 0.5) is 0 Å². The lowest BCUT2D eigenvalue weighted by molar-refractivity contribution is -0.160. The van der Waals surface area contributed by atoms with E-state index in [0.717, 1.165) is 0 Å². The Bertz CT molecular complexity index is 2400. The van der Waals surface area contributed by atoms with E-state index >= 15 is 0 Å². The summed E-state index contributed by atoms with van der Waals surface area (Å²) < 4.78 is 86.3. The van der Waals surface area contributed by atoms with E-state index in [2.05, 4.69) is 25.9 Å². The van der Waals surface area contributed by atoms with Crippen molar-refractivity contribution >= 4 is 47.9 Å². The van der Waals surface area contributed by atoms with Gasteiger partial charge in [0, 0.05) is 51.0 Å². The van der Waals surface area contributed by atoms with E-state index in [0.29, 0.717) is 58.5 Å². The molecule has 0 spiro atoms. The van der Waals surface area contributed by atoms with Gasteiger partial charge in [-0.05, 0) is 130 Å². The Kier molecular flexibility index (Phi) is 23.1. The third kappa shape index (κ3) is 18.2. The summed E-state index contributed by atoms with van der Waals surface area (Å²) in [5.74, 6) is 1.75. The summed E-state index contributed by atoms with van der Waals surface area (Å²) in [6.45, 7) is 22.8. The average molecular weight is 1040 g/mol. The van der Waals surface area contributed by atoms with E-state index in [-0.39, 0.29) is 72.7 Å². The zero-order valence-electron chi connectivity index (χ0n) is 41.5. The highest BCUT2D eigenvalue weighted by molar-refractivity contribution is 9.09. The largest absolute Gasteiger partial charge is 0.497 e. The number of esters is 2. The number of carbonyl (C=O) groups is 2. The van der Waals surface area contributed by atoms with Gasteiger partial charge in [0.25, 0.3) is 0 Å². The summed E-state index contributed by atoms with van der Waals surface area (Å²) in [6, 6.07) is 6.79. The van der Waals surface area contributed by atoms with Gasteiger partial charge in [-0.15, -0.1) is 0 Å². The molecule has 2 aromatic heterocycles. The fourth-order valence-electron chi connectivity index (χ4n) is 6.75. The molecule has 2 heterocycles. The molecule has 0 aliphatic rings. The van der Waals surface area contributed by atoms with Crippen LogP contribution in [0.1, 0.15) is 89.3 Å². The number of aromatic nitrogens is 4. The molecule has 0 saturated carbocycles. The molecule has 4 rings (SSSR count). The number of aryl methyl sites for hydroxylation is 6. The number of hydrogen-bond donors (Lipinski definition) is 1. The second kappa shape index (κ2) is 26.4. The molecule has 2 aromatic carbocycles. The van der Waals surface area contributed by atoms with Crippen molar-refractivity contribution in [3.05, 3.63) is 83.0 Å². The summed E-state index contributed by atoms with van der Waals surface area (Å²) in [4.78, 5) is 31.5. The molecule has 0 amide bonds. The molecule has 0 fully saturated rings. The van der Waals surface area contributed by atoms with E-state index in [1.807, 2.05) is 56.1 Å². The van der Waals surface area contributed by atoms with Gasteiger partial charge in [-0.3, -0.25) is 4.79 Å². The van der Waals surface area contributed by atoms with Crippen molar-refractivity contribution in [3.8, 4) is 11.5 Å². The molecule has 0 atom stereocenters. The van der Waals surface area contributed by atoms with E-state index < -0.39 is 31.6 Å². The van der Waals surface area contributed by atoms with E-state index in [1.54, 1.807) is 99.3 Å². The van der Waals surface area contributed by atoms with Gasteiger partial charge < -0.3 is 37.9 Å². The molecule has 4 aromatic rings. The third-order valence-corrected chi connectivity index (χ3v) is 14.2. The first-order valence-electron chi connectivity index (χ1n) is 21.7. The Morgan fingerprint density at radius 2 is 1.04 bits per heavy atom. The Morgan fingerprint density at radius 1 is 0.672 bits per heavy atom. The highest BCUT2D eigenvalue weighted by Gasteiger charge is 2.31. The number of imidazole rings is 2. The molecule has 0 aliphatic heterocycles. The van der Waals surface area contributed by atoms with E-state index in [4.69, 9.17) is 23.7 Å². The van der Waals surface area contributed by atoms with Gasteiger partial charge in [0.15, 0.2) is 0 Å². The monoisotopic (exact) mass is 1040 g/mol. The molecule has 0 bridgehead atoms. The molecular weight excluding hydrogens is 973 g/mol. The smallest absolute Gasteiger partial charge is 0.332 e. The van der Waals surface area contributed by atoms with Crippen molar-refractivity contribution in [1.82, 2.24) is 27.7 Å². The van der Waals surface area contributed by atoms with Gasteiger partial charge in [0.2, 0.25) is 20.0 Å². The zero-order valence-corrected chi connectivity index (χ0v) is 44.7. The number of benzene rings is 2. The molecule has 21 heteroatoms. The summed E-state index contributed by atoms with van der Waals surface area (Å²) >= 11 is 2.99. The molecule has 1 N–H and O–H groups in total. The van der Waals surface area contributed by atoms with Gasteiger partial charge >= 0.3 is 11.9 Å². The van der Waals surface area contributed by atoms with Crippen LogP contribution in [0.25, 0.3) is 0 Å². The minimum atomic E-state index is -3.89. The standard InChI is InChI=1S/C23H35N3O6S.C17H25N3O4S.C6H11BrO2/c1-8-25-10-9-24-20(25)15-26(11-12-31-16-21(27)32-23(4,5)6)33(28,29)22-17(2)13-19(30-7)14-18(22)3;1-5-19-7-6-18-16(19)12-20(8-9-21)25(22,23)17-13(2)10-15(24-4)11-14(17)3;1-6(2,3)9-5(8)4-7/h9-10,13-14H,8,11-12,15-16H2,1-7H3;6-7,10-11,21H,5,8-9,12H2,1-4H3;4H2,1-3H3. The quantitative estimate of drug-likeness (QED) is 0.0568. The van der Waals surface area contributed by atoms with Crippen LogP contribution in [0.3, 0.4) is 0 Å². The number of ether oxygens (including phenoxy) is 5. The van der Waals surface area contributed by atoms with Crippen LogP contribution in [0.5, 0.6) is 11.5 Å². The van der Waals surface area contributed by atoms with Crippen LogP contribution < -0.4 is 9.47 Å². The lowest BCUT2D eigenvalue weighted by Gasteiger charge is -2.24. The maximum atomic E-state index is 13.7. The minimum absolute atomic E-state index is 0.00379. The van der Waals surface area contributed by atoms with Crippen molar-refractivity contribution in [2.75, 3.05) is 52.5 Å². The maximum absolute atomic E-state index is 13.7. The van der Waals surface area contributed by atoms with Crippen LogP contribution in [-0.4, -0.2) is 125 Å². The average Bonchev–Trinajstić information content (AvgIpc) is 3.88. The lowest BCUT2D eigenvalue weighted by Crippen LogP contribution is -2.36. The first kappa shape index (κ1) is 58.7. The van der Waals surface area contributed by atoms with E-state index in [9.17, 15) is 31.5 Å². The molecule has 0 aliphatic carbocycles. The summed E-state index contributed by atoms with van der Waals surface area (Å²) in [5.41, 5.74) is 1.43. The second-order valence-electron chi connectivity index (χ2n) is 17.2. The maximum Gasteiger partial charge on any atom is 0.332 e. The molecule has 18 nitrogen and oxygen atoms in total. The fraction of sp³-hybridized carbons (Fsp3) is 0.565. The van der Waals surface area contributed by atoms with Crippen LogP contribution in [-0.2, 0) is 70.0 Å². The fourth-order valence-corrected chi connectivity index (χ4v) is 10.4. The van der Waals surface area contributed by atoms with Crippen molar-refractivity contribution in [1.29, 1.82) is 0 Å². The number of rotatable bonds is 20. The van der Waals surface area contributed by atoms with Gasteiger partial charge in [-0.1, -0.05) is 15.9 Å². The summed E-state index contributed by atoms with van der Waals surface area (Å²) in [7, 11) is -4.59. The first-order chi connectivity index (χ1) is 31.2. The van der Waals surface area contributed by atoms with Crippen molar-refractivity contribution in [2.45, 2.75) is 130 Å². The van der Waals surface area contributed by atoms with E-state index in [1.165, 1.54) is 8.61 Å². The Balaban J connectivity index is 0.000000398. The molecule has 0 radical (unpaired) electrons. The molecule has 0 unspecified atom stereocenters. The van der Waals surface area contributed by atoms with Crippen LogP contribution in [0, 0.1) is 27.7 Å². The summed E-state index contributed by atoms with van der Waals surface area (Å²) in [6.07, 6.45) is 6.91. The van der Waals surface area contributed by atoms with Crippen molar-refractivity contribution in [2.24, 2.45) is 0 Å². The number of aliphatic hydroxyl groups excluding tert-OH is 1. The Hall–Kier alpha value is -4.38. The topological polar surface area (TPSA) is 211 Å². The number of carbonyl (C=O) groups excluding carboxylic acids is 2. The highest BCUT2D eigenvalue weighted by atomic mass is 79.9. The SMILES string of the molecule is CC(C)(C)OC(=O)CBr.CCn1ccnc1CN(CCO)S(=O)(=O)c1c(C)cc(OC)cc1C.CCn1ccnc1CN(CCOCC(=O)OC(C)(C)C)S(=O)(=O)c1c(C)cc(OC)cc1C. The zero-order chi connectivity index (χ0) is 50.9. The number of alkyl halides is 1. The van der Waals surface area contributed by atoms with Crippen LogP contribution in [0.15, 0.2) is 58.8 Å². The number of methoxy groups -OCH3 is 2. The first-order valence-corrected chi connectivity index (χ1v) is 25.7. The number of hydrogen-bond acceptors (Lipinski definition) is 14. The third-order valence-electron chi connectivity index (χ3n) is 9.46. The lowest BCUT2D eigenvalue weighted by atomic mass is 10.1. The number of sulfonamides is 2. The van der Waals surface area contributed by atoms with Gasteiger partial charge in [-0.2, -0.15) is 8.61 Å². The molecule has 0 saturated heterocycles. The second-order valence-corrected chi connectivity index (χ2v) is 21.5. The van der Waals surface area contributed by atoms with Gasteiger partial charge in [0.05, 0.1) is 50.3 Å². The normalized spacial score (nSPS) is 12.0. The predicted octanol–water partition coefficient (Wildman–Crippen LogP) is 6.51. The highest BCUT2D eigenvalue weighted by Crippen LogP contribution is 2.30.